The summed E-state index contributed by atoms with van der Waals surface area (Å²) in [6, 6.07) is 11.2. The molecule has 0 saturated heterocycles. The number of carbonyl (C=O) groups is 1. The molecule has 2 aliphatic carbocycles. The number of benzene rings is 1. The Bertz CT molecular complexity index is 1540. The van der Waals surface area contributed by atoms with Gasteiger partial charge in [0.05, 0.1) is 28.8 Å². The molecule has 1 unspecified atom stereocenters. The van der Waals surface area contributed by atoms with Crippen LogP contribution in [-0.2, 0) is 16.6 Å². The number of nitriles is 1. The second kappa shape index (κ2) is 8.70. The van der Waals surface area contributed by atoms with Crippen molar-refractivity contribution >= 4 is 18.3 Å². The van der Waals surface area contributed by atoms with Gasteiger partial charge in [0.1, 0.15) is 24.3 Å². The van der Waals surface area contributed by atoms with E-state index in [2.05, 4.69) is 28.0 Å². The molecule has 1 aliphatic heterocycles. The molecule has 0 fully saturated rings. The van der Waals surface area contributed by atoms with Crippen molar-refractivity contribution in [2.45, 2.75) is 44.6 Å². The number of fused-ring (bicyclic) bond motifs is 3. The van der Waals surface area contributed by atoms with Gasteiger partial charge in [0.2, 0.25) is 0 Å². The first-order valence-electron chi connectivity index (χ1n) is 12.4. The van der Waals surface area contributed by atoms with Crippen LogP contribution in [0.5, 0.6) is 0 Å². The van der Waals surface area contributed by atoms with E-state index < -0.39 is 5.41 Å². The average Bonchev–Trinajstić information content (AvgIpc) is 3.32. The lowest BCUT2D eigenvalue weighted by Gasteiger charge is -2.45. The Morgan fingerprint density at radius 3 is 2.70 bits per heavy atom. The lowest BCUT2D eigenvalue weighted by atomic mass is 9.57. The number of rotatable bonds is 3. The maximum Gasteiger partial charge on any atom is 0.176 e. The zero-order chi connectivity index (χ0) is 25.7. The van der Waals surface area contributed by atoms with Crippen LogP contribution in [0, 0.1) is 29.0 Å². The van der Waals surface area contributed by atoms with Crippen molar-refractivity contribution in [2.24, 2.45) is 21.8 Å². The summed E-state index contributed by atoms with van der Waals surface area (Å²) < 4.78 is 15.7. The molecule has 3 heterocycles. The number of hydrogen-bond acceptors (Lipinski definition) is 6. The highest BCUT2D eigenvalue weighted by molar-refractivity contribution is 6.02. The second-order valence-electron chi connectivity index (χ2n) is 10.2. The first-order chi connectivity index (χ1) is 17.9. The van der Waals surface area contributed by atoms with Crippen molar-refractivity contribution < 1.29 is 9.18 Å². The fourth-order valence-corrected chi connectivity index (χ4v) is 6.26. The third-order valence-electron chi connectivity index (χ3n) is 8.06. The second-order valence-corrected chi connectivity index (χ2v) is 10.2. The van der Waals surface area contributed by atoms with Gasteiger partial charge in [0.25, 0.3) is 0 Å². The smallest absolute Gasteiger partial charge is 0.176 e. The van der Waals surface area contributed by atoms with Gasteiger partial charge in [-0.2, -0.15) is 10.4 Å². The van der Waals surface area contributed by atoms with E-state index in [4.69, 9.17) is 5.10 Å². The van der Waals surface area contributed by atoms with Crippen LogP contribution in [0.1, 0.15) is 49.7 Å². The van der Waals surface area contributed by atoms with Crippen molar-refractivity contribution in [3.63, 3.8) is 0 Å². The molecule has 0 saturated carbocycles. The Hall–Kier alpha value is -4.25. The standard InChI is InChI=1S/C29H25FN6O/c1-17-24-8-7-23-26(25-9-10-32-16-34-25)35-36(28(23)29(24,2)12-20(13-31)27(17)37)22-5-3-18(4-6-22)19-11-21(30)15-33-14-19/h3-6,10-12,14-17,24-25H,7-9H2,1-2H3/t17-,24-,25?,29-/m1/s1. The molecule has 0 amide bonds. The van der Waals surface area contributed by atoms with Crippen molar-refractivity contribution in [3.8, 4) is 22.9 Å². The zero-order valence-corrected chi connectivity index (χ0v) is 20.6. The molecule has 1 aromatic carbocycles. The summed E-state index contributed by atoms with van der Waals surface area (Å²) in [4.78, 5) is 25.6. The fourth-order valence-electron chi connectivity index (χ4n) is 6.26. The predicted octanol–water partition coefficient (Wildman–Crippen LogP) is 5.11. The highest BCUT2D eigenvalue weighted by Crippen LogP contribution is 2.51. The van der Waals surface area contributed by atoms with E-state index in [9.17, 15) is 14.4 Å². The molecule has 0 spiro atoms. The molecule has 6 rings (SSSR count). The SMILES string of the molecule is C[C@H]1C(=O)C(C#N)=C[C@@]2(C)c3c(c(C4CC=NC=N4)nn3-c3ccc(-c4cncc(F)c4)cc3)CC[C@H]12. The highest BCUT2D eigenvalue weighted by atomic mass is 19.1. The van der Waals surface area contributed by atoms with Crippen molar-refractivity contribution in [3.05, 3.63) is 77.1 Å². The van der Waals surface area contributed by atoms with Crippen molar-refractivity contribution in [1.82, 2.24) is 14.8 Å². The molecular weight excluding hydrogens is 467 g/mol. The minimum absolute atomic E-state index is 0.0574. The molecular formula is C29H25FN6O. The number of pyridine rings is 1. The Morgan fingerprint density at radius 2 is 2.00 bits per heavy atom. The summed E-state index contributed by atoms with van der Waals surface area (Å²) in [5.74, 6) is -0.668. The molecule has 7 nitrogen and oxygen atoms in total. The number of allylic oxidation sites excluding steroid dienone is 2. The number of ketones is 1. The van der Waals surface area contributed by atoms with Gasteiger partial charge in [-0.3, -0.25) is 14.8 Å². The minimum atomic E-state index is -0.547. The van der Waals surface area contributed by atoms with Crippen LogP contribution in [0.15, 0.2) is 64.4 Å². The van der Waals surface area contributed by atoms with E-state index >= 15 is 0 Å². The Morgan fingerprint density at radius 1 is 1.19 bits per heavy atom. The highest BCUT2D eigenvalue weighted by Gasteiger charge is 2.51. The van der Waals surface area contributed by atoms with Crippen molar-refractivity contribution in [1.29, 1.82) is 5.26 Å². The maximum atomic E-state index is 13.7. The van der Waals surface area contributed by atoms with Gasteiger partial charge in [-0.15, -0.1) is 0 Å². The normalized spacial score (nSPS) is 26.3. The van der Waals surface area contributed by atoms with E-state index in [0.717, 1.165) is 41.0 Å². The van der Waals surface area contributed by atoms with E-state index in [1.54, 1.807) is 12.5 Å². The monoisotopic (exact) mass is 492 g/mol. The van der Waals surface area contributed by atoms with E-state index in [-0.39, 0.29) is 35.1 Å². The van der Waals surface area contributed by atoms with Crippen LogP contribution in [0.2, 0.25) is 0 Å². The first-order valence-corrected chi connectivity index (χ1v) is 12.4. The average molecular weight is 493 g/mol. The molecule has 3 aliphatic rings. The van der Waals surface area contributed by atoms with E-state index in [1.165, 1.54) is 12.3 Å². The third-order valence-corrected chi connectivity index (χ3v) is 8.06. The Balaban J connectivity index is 1.53. The predicted molar refractivity (Wildman–Crippen MR) is 138 cm³/mol. The summed E-state index contributed by atoms with van der Waals surface area (Å²) in [6.07, 6.45) is 10.4. The molecule has 0 radical (unpaired) electrons. The summed E-state index contributed by atoms with van der Waals surface area (Å²) >= 11 is 0. The summed E-state index contributed by atoms with van der Waals surface area (Å²) in [6.45, 7) is 4.06. The van der Waals surface area contributed by atoms with Crippen LogP contribution < -0.4 is 0 Å². The number of Topliss-reactive ketones (excluding diaryl/α,β-unsaturated/α-hetero) is 1. The van der Waals surface area contributed by atoms with Crippen LogP contribution in [0.25, 0.3) is 16.8 Å². The van der Waals surface area contributed by atoms with Gasteiger partial charge >= 0.3 is 0 Å². The quantitative estimate of drug-likeness (QED) is 0.508. The van der Waals surface area contributed by atoms with Crippen LogP contribution in [0.4, 0.5) is 4.39 Å². The van der Waals surface area contributed by atoms with Crippen LogP contribution in [0.3, 0.4) is 0 Å². The Kier molecular flexibility index (Phi) is 5.45. The minimum Gasteiger partial charge on any atom is -0.293 e. The van der Waals surface area contributed by atoms with Gasteiger partial charge in [-0.05, 0) is 42.5 Å². The van der Waals surface area contributed by atoms with E-state index in [0.29, 0.717) is 12.0 Å². The molecule has 3 aromatic rings. The molecule has 184 valence electrons. The van der Waals surface area contributed by atoms with Gasteiger partial charge in [0, 0.05) is 41.3 Å². The summed E-state index contributed by atoms with van der Waals surface area (Å²) in [5.41, 5.74) is 5.10. The van der Waals surface area contributed by atoms with E-state index in [1.807, 2.05) is 48.2 Å². The van der Waals surface area contributed by atoms with Crippen LogP contribution in [-0.4, -0.2) is 33.1 Å². The number of nitrogens with zero attached hydrogens (tertiary/aromatic N) is 6. The molecule has 0 N–H and O–H groups in total. The Labute approximate surface area is 214 Å². The summed E-state index contributed by atoms with van der Waals surface area (Å²) in [7, 11) is 0. The topological polar surface area (TPSA) is 96.3 Å². The van der Waals surface area contributed by atoms with Gasteiger partial charge in [-0.25, -0.2) is 14.1 Å². The third kappa shape index (κ3) is 3.65. The van der Waals surface area contributed by atoms with Crippen molar-refractivity contribution in [2.75, 3.05) is 0 Å². The zero-order valence-electron chi connectivity index (χ0n) is 20.6. The number of aromatic nitrogens is 3. The van der Waals surface area contributed by atoms with Gasteiger partial charge < -0.3 is 0 Å². The number of aliphatic imine (C=N–C) groups is 2. The largest absolute Gasteiger partial charge is 0.293 e. The molecule has 0 bridgehead atoms. The molecule has 2 aromatic heterocycles. The van der Waals surface area contributed by atoms with Crippen LogP contribution >= 0.6 is 0 Å². The molecule has 8 heteroatoms. The number of hydrogen-bond donors (Lipinski definition) is 0. The lowest BCUT2D eigenvalue weighted by Crippen LogP contribution is -2.46. The van der Waals surface area contributed by atoms with Gasteiger partial charge in [-0.1, -0.05) is 32.1 Å². The number of carbonyl (C=O) groups excluding carboxylic acids is 1. The summed E-state index contributed by atoms with van der Waals surface area (Å²) in [5, 5.41) is 14.9. The first kappa shape index (κ1) is 23.2. The fraction of sp³-hybridized carbons (Fsp3) is 0.310. The van der Waals surface area contributed by atoms with Gasteiger partial charge in [0.15, 0.2) is 5.78 Å². The number of halogens is 1. The maximum absolute atomic E-state index is 13.7. The molecule has 37 heavy (non-hydrogen) atoms. The lowest BCUT2D eigenvalue weighted by molar-refractivity contribution is -0.121. The molecule has 4 atom stereocenters.